The predicted octanol–water partition coefficient (Wildman–Crippen LogP) is 1.64. The molecule has 3 rings (SSSR count). The summed E-state index contributed by atoms with van der Waals surface area (Å²) in [5.41, 5.74) is 13.3. The first-order valence-corrected chi connectivity index (χ1v) is 6.97. The summed E-state index contributed by atoms with van der Waals surface area (Å²) in [5.74, 6) is -0.439. The number of carbonyl (C=O) groups is 2. The Labute approximate surface area is 132 Å². The maximum absolute atomic E-state index is 12.4. The molecule has 2 amide bonds. The van der Waals surface area contributed by atoms with E-state index in [9.17, 15) is 9.59 Å². The number of ether oxygens (including phenoxy) is 1. The molecule has 2 aromatic carbocycles. The van der Waals surface area contributed by atoms with Crippen LogP contribution in [0.4, 0.5) is 11.4 Å². The number of anilines is 2. The third-order valence-corrected chi connectivity index (χ3v) is 3.48. The zero-order valence-electron chi connectivity index (χ0n) is 12.2. The molecule has 0 saturated heterocycles. The summed E-state index contributed by atoms with van der Waals surface area (Å²) in [6.45, 7) is -0.210. The van der Waals surface area contributed by atoms with Crippen molar-refractivity contribution in [2.24, 2.45) is 0 Å². The zero-order valence-corrected chi connectivity index (χ0v) is 12.2. The minimum Gasteiger partial charge on any atom is -0.470 e. The number of nitrogens with zero attached hydrogens (tertiary/aromatic N) is 1. The Kier molecular flexibility index (Phi) is 3.72. The molecule has 6 heteroatoms. The third-order valence-electron chi connectivity index (χ3n) is 3.48. The Morgan fingerprint density at radius 2 is 1.74 bits per heavy atom. The molecular formula is C17H15N3O3. The van der Waals surface area contributed by atoms with Gasteiger partial charge in [-0.05, 0) is 23.8 Å². The van der Waals surface area contributed by atoms with E-state index < -0.39 is 11.8 Å². The first kappa shape index (κ1) is 14.6. The number of hydrogen-bond acceptors (Lipinski definition) is 5. The van der Waals surface area contributed by atoms with Crippen LogP contribution in [-0.4, -0.2) is 23.4 Å². The van der Waals surface area contributed by atoms with Crippen LogP contribution in [0.2, 0.25) is 0 Å². The topological polar surface area (TPSA) is 98.6 Å². The maximum atomic E-state index is 12.4. The summed E-state index contributed by atoms with van der Waals surface area (Å²) in [6, 6.07) is 13.8. The molecule has 0 spiro atoms. The molecule has 0 bridgehead atoms. The summed E-state index contributed by atoms with van der Waals surface area (Å²) in [7, 11) is 0. The molecule has 4 N–H and O–H groups in total. The number of amides is 2. The fourth-order valence-corrected chi connectivity index (χ4v) is 2.29. The molecule has 2 aromatic rings. The molecule has 0 atom stereocenters. The van der Waals surface area contributed by atoms with Gasteiger partial charge in [-0.3, -0.25) is 9.59 Å². The highest BCUT2D eigenvalue weighted by atomic mass is 16.5. The molecule has 0 radical (unpaired) electrons. The van der Waals surface area contributed by atoms with Gasteiger partial charge in [-0.25, -0.2) is 4.90 Å². The number of hydrogen-bond donors (Lipinski definition) is 2. The molecule has 0 saturated carbocycles. The quantitative estimate of drug-likeness (QED) is 0.661. The number of nitrogen functional groups attached to an aromatic ring is 2. The van der Waals surface area contributed by atoms with Gasteiger partial charge >= 0.3 is 0 Å². The lowest BCUT2D eigenvalue weighted by Crippen LogP contribution is -2.34. The summed E-state index contributed by atoms with van der Waals surface area (Å²) in [6.07, 6.45) is 1.31. The molecule has 0 aliphatic carbocycles. The molecule has 116 valence electrons. The van der Waals surface area contributed by atoms with E-state index in [1.807, 2.05) is 18.2 Å². The van der Waals surface area contributed by atoms with Crippen molar-refractivity contribution in [2.75, 3.05) is 18.2 Å². The fraction of sp³-hybridized carbons (Fsp3) is 0.0588. The number of rotatable bonds is 4. The van der Waals surface area contributed by atoms with Crippen LogP contribution < -0.4 is 16.2 Å². The van der Waals surface area contributed by atoms with E-state index in [2.05, 4.69) is 0 Å². The summed E-state index contributed by atoms with van der Waals surface area (Å²) >= 11 is 0. The molecule has 6 nitrogen and oxygen atoms in total. The number of imide groups is 1. The Hall–Kier alpha value is -3.28. The highest BCUT2D eigenvalue weighted by molar-refractivity contribution is 6.33. The molecule has 0 aromatic heterocycles. The lowest BCUT2D eigenvalue weighted by molar-refractivity contribution is -0.139. The van der Waals surface area contributed by atoms with Crippen molar-refractivity contribution >= 4 is 28.8 Å². The highest BCUT2D eigenvalue weighted by Crippen LogP contribution is 2.26. The van der Waals surface area contributed by atoms with Crippen molar-refractivity contribution in [2.45, 2.75) is 0 Å². The second-order valence-electron chi connectivity index (χ2n) is 5.07. The minimum absolute atomic E-state index is 0.210. The van der Waals surface area contributed by atoms with E-state index in [-0.39, 0.29) is 6.73 Å². The molecule has 23 heavy (non-hydrogen) atoms. The van der Waals surface area contributed by atoms with Gasteiger partial charge < -0.3 is 16.2 Å². The van der Waals surface area contributed by atoms with Crippen LogP contribution in [0.25, 0.3) is 5.57 Å². The van der Waals surface area contributed by atoms with E-state index in [0.717, 1.165) is 4.90 Å². The van der Waals surface area contributed by atoms with E-state index in [1.54, 1.807) is 30.3 Å². The Morgan fingerprint density at radius 3 is 2.43 bits per heavy atom. The van der Waals surface area contributed by atoms with Crippen LogP contribution in [0, 0.1) is 0 Å². The Morgan fingerprint density at radius 1 is 1.00 bits per heavy atom. The monoisotopic (exact) mass is 309 g/mol. The van der Waals surface area contributed by atoms with Crippen molar-refractivity contribution < 1.29 is 14.3 Å². The van der Waals surface area contributed by atoms with Crippen molar-refractivity contribution in [3.63, 3.8) is 0 Å². The van der Waals surface area contributed by atoms with Crippen LogP contribution >= 0.6 is 0 Å². The van der Waals surface area contributed by atoms with Gasteiger partial charge in [-0.2, -0.15) is 0 Å². The fourth-order valence-electron chi connectivity index (χ4n) is 2.29. The van der Waals surface area contributed by atoms with Crippen molar-refractivity contribution in [1.82, 2.24) is 4.90 Å². The van der Waals surface area contributed by atoms with Gasteiger partial charge in [0.15, 0.2) is 6.73 Å². The van der Waals surface area contributed by atoms with Crippen molar-refractivity contribution in [3.05, 3.63) is 60.2 Å². The third kappa shape index (κ3) is 2.87. The van der Waals surface area contributed by atoms with Gasteiger partial charge in [0.25, 0.3) is 11.8 Å². The van der Waals surface area contributed by atoms with Gasteiger partial charge in [0.2, 0.25) is 0 Å². The average Bonchev–Trinajstić information content (AvgIpc) is 2.82. The minimum atomic E-state index is -0.414. The van der Waals surface area contributed by atoms with Gasteiger partial charge in [-0.15, -0.1) is 0 Å². The zero-order chi connectivity index (χ0) is 16.4. The van der Waals surface area contributed by atoms with Gasteiger partial charge in [-0.1, -0.05) is 30.3 Å². The highest BCUT2D eigenvalue weighted by Gasteiger charge is 2.32. The summed E-state index contributed by atoms with van der Waals surface area (Å²) in [5, 5.41) is 0. The van der Waals surface area contributed by atoms with Crippen molar-refractivity contribution in [1.29, 1.82) is 0 Å². The van der Waals surface area contributed by atoms with Crippen LogP contribution in [-0.2, 0) is 9.59 Å². The molecule has 0 fully saturated rings. The van der Waals surface area contributed by atoms with E-state index in [1.165, 1.54) is 6.08 Å². The largest absolute Gasteiger partial charge is 0.470 e. The van der Waals surface area contributed by atoms with Crippen LogP contribution in [0.5, 0.6) is 5.75 Å². The van der Waals surface area contributed by atoms with Crippen LogP contribution in [0.15, 0.2) is 54.6 Å². The Bertz CT molecular complexity index is 800. The first-order chi connectivity index (χ1) is 11.1. The van der Waals surface area contributed by atoms with E-state index in [4.69, 9.17) is 16.2 Å². The Balaban J connectivity index is 1.73. The van der Waals surface area contributed by atoms with Crippen LogP contribution in [0.3, 0.4) is 0 Å². The van der Waals surface area contributed by atoms with E-state index >= 15 is 0 Å². The number of carbonyl (C=O) groups excluding carboxylic acids is 2. The number of benzene rings is 2. The normalized spacial score (nSPS) is 14.1. The van der Waals surface area contributed by atoms with Gasteiger partial charge in [0.05, 0.1) is 11.3 Å². The summed E-state index contributed by atoms with van der Waals surface area (Å²) < 4.78 is 5.47. The van der Waals surface area contributed by atoms with E-state index in [0.29, 0.717) is 28.3 Å². The molecule has 0 unspecified atom stereocenters. The lowest BCUT2D eigenvalue weighted by Gasteiger charge is -2.17. The average molecular weight is 309 g/mol. The van der Waals surface area contributed by atoms with Crippen molar-refractivity contribution in [3.8, 4) is 5.75 Å². The lowest BCUT2D eigenvalue weighted by atomic mass is 10.1. The smallest absolute Gasteiger partial charge is 0.264 e. The van der Waals surface area contributed by atoms with Crippen LogP contribution in [0.1, 0.15) is 5.56 Å². The summed E-state index contributed by atoms with van der Waals surface area (Å²) in [4.78, 5) is 25.4. The first-order valence-electron chi connectivity index (χ1n) is 6.97. The second kappa shape index (κ2) is 5.84. The molecular weight excluding hydrogens is 294 g/mol. The molecule has 1 heterocycles. The van der Waals surface area contributed by atoms with Gasteiger partial charge in [0, 0.05) is 11.8 Å². The standard InChI is InChI=1S/C17H15N3O3/c18-12-6-7-15(14(19)8-12)23-10-20-16(21)9-13(17(20)22)11-4-2-1-3-5-11/h1-9H,10,18-19H2. The maximum Gasteiger partial charge on any atom is 0.264 e. The predicted molar refractivity (Wildman–Crippen MR) is 87.0 cm³/mol. The molecule has 1 aliphatic rings. The second-order valence-corrected chi connectivity index (χ2v) is 5.07. The number of nitrogens with two attached hydrogens (primary N) is 2. The molecule has 1 aliphatic heterocycles. The SMILES string of the molecule is Nc1ccc(OCN2C(=O)C=C(c3ccccc3)C2=O)c(N)c1. The van der Waals surface area contributed by atoms with Gasteiger partial charge in [0.1, 0.15) is 5.75 Å².